The van der Waals surface area contributed by atoms with Gasteiger partial charge in [-0.25, -0.2) is 0 Å². The summed E-state index contributed by atoms with van der Waals surface area (Å²) in [7, 11) is -2.68. The summed E-state index contributed by atoms with van der Waals surface area (Å²) in [5.74, 6) is -0.276. The maximum absolute atomic E-state index is 12.7. The Labute approximate surface area is 192 Å². The van der Waals surface area contributed by atoms with Gasteiger partial charge in [-0.3, -0.25) is 9.36 Å². The summed E-state index contributed by atoms with van der Waals surface area (Å²) in [5, 5.41) is 4.87. The maximum Gasteiger partial charge on any atom is 0.319 e. The lowest BCUT2D eigenvalue weighted by Crippen LogP contribution is -2.36. The number of thiophene rings is 1. The molecule has 32 heavy (non-hydrogen) atoms. The van der Waals surface area contributed by atoms with E-state index >= 15 is 0 Å². The molecule has 0 fully saturated rings. The summed E-state index contributed by atoms with van der Waals surface area (Å²) in [5.41, 5.74) is 14.6. The van der Waals surface area contributed by atoms with Gasteiger partial charge in [0.25, 0.3) is 5.91 Å². The number of nitrogens with one attached hydrogen (secondary N) is 1. The van der Waals surface area contributed by atoms with Gasteiger partial charge in [0, 0.05) is 16.0 Å². The molecule has 0 aliphatic heterocycles. The van der Waals surface area contributed by atoms with Crippen LogP contribution in [0.2, 0.25) is 0 Å². The van der Waals surface area contributed by atoms with Crippen molar-refractivity contribution in [3.05, 3.63) is 71.1 Å². The summed E-state index contributed by atoms with van der Waals surface area (Å²) in [4.78, 5) is 13.8. The summed E-state index contributed by atoms with van der Waals surface area (Å²) >= 11 is 1.62. The fraction of sp³-hybridized carbons (Fsp3) is 0.261. The zero-order valence-corrected chi connectivity index (χ0v) is 20.1. The van der Waals surface area contributed by atoms with Crippen molar-refractivity contribution in [2.24, 2.45) is 5.73 Å². The fourth-order valence-electron chi connectivity index (χ4n) is 2.85. The van der Waals surface area contributed by atoms with Crippen LogP contribution in [0.15, 0.2) is 60.0 Å². The molecular weight excluding hydrogens is 445 g/mol. The van der Waals surface area contributed by atoms with Gasteiger partial charge in [0.1, 0.15) is 0 Å². The number of carbonyl (C=O) groups is 1. The van der Waals surface area contributed by atoms with Crippen molar-refractivity contribution in [3.63, 3.8) is 0 Å². The molecule has 0 spiro atoms. The predicted octanol–water partition coefficient (Wildman–Crippen LogP) is 5.47. The van der Waals surface area contributed by atoms with Crippen LogP contribution >= 0.6 is 19.6 Å². The second kappa shape index (κ2) is 10.4. The van der Waals surface area contributed by atoms with Gasteiger partial charge in [0.2, 0.25) is 0 Å². The summed E-state index contributed by atoms with van der Waals surface area (Å²) < 4.78 is 22.6. The zero-order chi connectivity index (χ0) is 23.3. The molecule has 0 saturated carbocycles. The monoisotopic (exact) mass is 473 g/mol. The van der Waals surface area contributed by atoms with Gasteiger partial charge in [0.15, 0.2) is 0 Å². The molecule has 1 amide bonds. The largest absolute Gasteiger partial charge is 0.397 e. The Morgan fingerprint density at radius 3 is 2.53 bits per heavy atom. The molecule has 2 atom stereocenters. The number of anilines is 2. The van der Waals surface area contributed by atoms with Crippen LogP contribution in [0.5, 0.6) is 0 Å². The van der Waals surface area contributed by atoms with E-state index < -0.39 is 19.9 Å². The van der Waals surface area contributed by atoms with Crippen LogP contribution < -0.4 is 16.8 Å². The first-order valence-corrected chi connectivity index (χ1v) is 12.2. The molecule has 3 rings (SSSR count). The molecule has 5 N–H and O–H groups in total. The van der Waals surface area contributed by atoms with E-state index in [0.29, 0.717) is 16.9 Å². The lowest BCUT2D eigenvalue weighted by molar-refractivity contribution is 0.102. The van der Waals surface area contributed by atoms with E-state index in [1.54, 1.807) is 62.4 Å². The fourth-order valence-corrected chi connectivity index (χ4v) is 4.56. The van der Waals surface area contributed by atoms with Crippen molar-refractivity contribution in [1.82, 2.24) is 0 Å². The lowest BCUT2D eigenvalue weighted by Gasteiger charge is -2.19. The van der Waals surface area contributed by atoms with E-state index in [1.165, 1.54) is 0 Å². The molecule has 0 aliphatic rings. The molecule has 9 heteroatoms. The first-order valence-electron chi connectivity index (χ1n) is 10.1. The van der Waals surface area contributed by atoms with Crippen LogP contribution in [-0.2, 0) is 13.6 Å². The van der Waals surface area contributed by atoms with E-state index in [4.69, 9.17) is 20.5 Å². The molecule has 2 unspecified atom stereocenters. The van der Waals surface area contributed by atoms with Crippen molar-refractivity contribution in [1.29, 1.82) is 0 Å². The molecule has 7 nitrogen and oxygen atoms in total. The van der Waals surface area contributed by atoms with Crippen molar-refractivity contribution in [3.8, 4) is 10.4 Å². The Morgan fingerprint density at radius 1 is 1.19 bits per heavy atom. The van der Waals surface area contributed by atoms with E-state index in [-0.39, 0.29) is 12.5 Å². The quantitative estimate of drug-likeness (QED) is 0.280. The third-order valence-corrected chi connectivity index (χ3v) is 6.43. The number of nitrogens with two attached hydrogens (primary N) is 2. The van der Waals surface area contributed by atoms with Gasteiger partial charge in [-0.1, -0.05) is 24.3 Å². The van der Waals surface area contributed by atoms with Crippen molar-refractivity contribution in [2.45, 2.75) is 32.4 Å². The van der Waals surface area contributed by atoms with Crippen molar-refractivity contribution < 1.29 is 18.4 Å². The summed E-state index contributed by atoms with van der Waals surface area (Å²) in [6.45, 7) is 5.46. The van der Waals surface area contributed by atoms with E-state index in [1.807, 2.05) is 29.6 Å². The smallest absolute Gasteiger partial charge is 0.319 e. The van der Waals surface area contributed by atoms with Gasteiger partial charge in [-0.2, -0.15) is 0 Å². The topological polar surface area (TPSA) is 117 Å². The van der Waals surface area contributed by atoms with Crippen molar-refractivity contribution >= 4 is 36.9 Å². The van der Waals surface area contributed by atoms with Gasteiger partial charge in [-0.15, -0.1) is 11.3 Å². The average Bonchev–Trinajstić information content (AvgIpc) is 3.28. The van der Waals surface area contributed by atoms with Gasteiger partial charge in [0.05, 0.1) is 24.1 Å². The Kier molecular flexibility index (Phi) is 7.87. The van der Waals surface area contributed by atoms with Crippen LogP contribution in [0.1, 0.15) is 42.8 Å². The third-order valence-electron chi connectivity index (χ3n) is 4.58. The third kappa shape index (κ3) is 6.76. The highest BCUT2D eigenvalue weighted by Gasteiger charge is 2.16. The van der Waals surface area contributed by atoms with Crippen LogP contribution in [0, 0.1) is 0 Å². The Morgan fingerprint density at radius 2 is 1.91 bits per heavy atom. The average molecular weight is 474 g/mol. The molecule has 0 saturated heterocycles. The van der Waals surface area contributed by atoms with E-state index in [0.717, 1.165) is 16.0 Å². The molecule has 0 bridgehead atoms. The Bertz CT molecular complexity index is 1080. The van der Waals surface area contributed by atoms with Gasteiger partial charge in [-0.05, 0) is 67.6 Å². The Balaban J connectivity index is 1.63. The highest BCUT2D eigenvalue weighted by atomic mass is 32.1. The second-order valence-electron chi connectivity index (χ2n) is 8.14. The zero-order valence-electron chi connectivity index (χ0n) is 18.3. The highest BCUT2D eigenvalue weighted by molar-refractivity contribution is 7.33. The second-order valence-corrected chi connectivity index (χ2v) is 10.1. The van der Waals surface area contributed by atoms with Gasteiger partial charge < -0.3 is 25.8 Å². The molecule has 170 valence electrons. The summed E-state index contributed by atoms with van der Waals surface area (Å²) in [6, 6.07) is 16.4. The first-order chi connectivity index (χ1) is 15.1. The van der Waals surface area contributed by atoms with Crippen LogP contribution in [0.4, 0.5) is 11.4 Å². The number of hydrogen-bond donors (Lipinski definition) is 3. The van der Waals surface area contributed by atoms with Crippen LogP contribution in [0.25, 0.3) is 10.4 Å². The molecule has 2 aromatic carbocycles. The van der Waals surface area contributed by atoms with E-state index in [2.05, 4.69) is 5.32 Å². The van der Waals surface area contributed by atoms with E-state index in [9.17, 15) is 9.36 Å². The number of nitrogen functional groups attached to an aromatic ring is 1. The minimum absolute atomic E-state index is 0.132. The van der Waals surface area contributed by atoms with Crippen molar-refractivity contribution in [2.75, 3.05) is 17.7 Å². The maximum atomic E-state index is 12.7. The number of rotatable bonds is 9. The standard InChI is InChI=1S/C23H28N3O4PS/c1-15(30-31(28)29-14-23(2,3)25)16-6-8-17(9-7-16)22(27)26-20-13-18(10-11-19(20)24)21-5-4-12-32-21/h4-13,15,31H,14,24-25H2,1-3H3,(H,26,27). The normalized spacial score (nSPS) is 13.5. The molecule has 0 radical (unpaired) electrons. The molecule has 0 aliphatic carbocycles. The predicted molar refractivity (Wildman–Crippen MR) is 131 cm³/mol. The number of amides is 1. The minimum Gasteiger partial charge on any atom is -0.397 e. The van der Waals surface area contributed by atoms with Crippen LogP contribution in [0.3, 0.4) is 0 Å². The number of carbonyl (C=O) groups excluding carboxylic acids is 1. The summed E-state index contributed by atoms with van der Waals surface area (Å²) in [6.07, 6.45) is -0.461. The molecular formula is C23H28N3O4PS. The SMILES string of the molecule is CC(O[PH](=O)OCC(C)(C)N)c1ccc(C(=O)Nc2cc(-c3cccs3)ccc2N)cc1. The number of hydrogen-bond acceptors (Lipinski definition) is 7. The molecule has 1 heterocycles. The van der Waals surface area contributed by atoms with Crippen LogP contribution in [-0.4, -0.2) is 18.1 Å². The Hall–Kier alpha value is -2.48. The lowest BCUT2D eigenvalue weighted by atomic mass is 10.1. The van der Waals surface area contributed by atoms with Gasteiger partial charge >= 0.3 is 8.25 Å². The molecule has 3 aromatic rings. The minimum atomic E-state index is -2.68. The highest BCUT2D eigenvalue weighted by Crippen LogP contribution is 2.34. The number of benzene rings is 2. The first kappa shape index (κ1) is 24.2. The molecule has 1 aromatic heterocycles.